The highest BCUT2D eigenvalue weighted by molar-refractivity contribution is 7.13. The zero-order valence-corrected chi connectivity index (χ0v) is 18.0. The van der Waals surface area contributed by atoms with Crippen LogP contribution in [0.5, 0.6) is 0 Å². The second-order valence-electron chi connectivity index (χ2n) is 6.61. The minimum atomic E-state index is -4.70. The van der Waals surface area contributed by atoms with Gasteiger partial charge in [-0.2, -0.15) is 18.3 Å². The Morgan fingerprint density at radius 1 is 1.12 bits per heavy atom. The second kappa shape index (κ2) is 8.71. The summed E-state index contributed by atoms with van der Waals surface area (Å²) in [6, 6.07) is 0.0510. The van der Waals surface area contributed by atoms with Crippen LogP contribution in [0, 0.1) is 0 Å². The highest BCUT2D eigenvalue weighted by Crippen LogP contribution is 2.35. The number of nitrogens with one attached hydrogen (secondary N) is 3. The van der Waals surface area contributed by atoms with E-state index in [4.69, 9.17) is 11.6 Å². The van der Waals surface area contributed by atoms with Crippen LogP contribution in [-0.4, -0.2) is 41.9 Å². The SMILES string of the molecule is CC(NC(=O)c1ncnc2[nH]ncc12)c1ncc(C(=O)Nc2cc(C(F)(F)F)c(Cl)cn2)s1. The van der Waals surface area contributed by atoms with Crippen LogP contribution in [0.15, 0.2) is 31.0 Å². The quantitative estimate of drug-likeness (QED) is 0.383. The van der Waals surface area contributed by atoms with Gasteiger partial charge >= 0.3 is 6.18 Å². The molecule has 10 nitrogen and oxygen atoms in total. The summed E-state index contributed by atoms with van der Waals surface area (Å²) in [5, 5.41) is 11.7. The Balaban J connectivity index is 1.46. The zero-order valence-electron chi connectivity index (χ0n) is 16.4. The maximum atomic E-state index is 13.0. The molecule has 0 aromatic carbocycles. The van der Waals surface area contributed by atoms with Crippen molar-refractivity contribution in [3.63, 3.8) is 0 Å². The van der Waals surface area contributed by atoms with Gasteiger partial charge in [0.25, 0.3) is 11.8 Å². The van der Waals surface area contributed by atoms with Crippen LogP contribution in [0.1, 0.15) is 43.7 Å². The number of alkyl halides is 3. The number of rotatable bonds is 5. The van der Waals surface area contributed by atoms with E-state index in [9.17, 15) is 22.8 Å². The zero-order chi connectivity index (χ0) is 23.8. The van der Waals surface area contributed by atoms with Gasteiger partial charge in [0, 0.05) is 6.20 Å². The Hall–Kier alpha value is -3.65. The van der Waals surface area contributed by atoms with Crippen molar-refractivity contribution in [3.05, 3.63) is 57.1 Å². The predicted molar refractivity (Wildman–Crippen MR) is 112 cm³/mol. The molecule has 33 heavy (non-hydrogen) atoms. The summed E-state index contributed by atoms with van der Waals surface area (Å²) < 4.78 is 39.0. The first-order valence-corrected chi connectivity index (χ1v) is 10.3. The van der Waals surface area contributed by atoms with Gasteiger partial charge in [-0.25, -0.2) is 19.9 Å². The summed E-state index contributed by atoms with van der Waals surface area (Å²) in [6.07, 6.45) is 0.00450. The van der Waals surface area contributed by atoms with Gasteiger partial charge in [-0.05, 0) is 13.0 Å². The number of halogens is 4. The van der Waals surface area contributed by atoms with Crippen molar-refractivity contribution < 1.29 is 22.8 Å². The fraction of sp³-hybridized carbons (Fsp3) is 0.167. The molecule has 0 aliphatic carbocycles. The first-order chi connectivity index (χ1) is 15.6. The average molecular weight is 497 g/mol. The second-order valence-corrected chi connectivity index (χ2v) is 8.08. The molecule has 3 N–H and O–H groups in total. The Labute approximate surface area is 191 Å². The fourth-order valence-electron chi connectivity index (χ4n) is 2.77. The Morgan fingerprint density at radius 3 is 2.67 bits per heavy atom. The molecule has 0 radical (unpaired) electrons. The first kappa shape index (κ1) is 22.5. The van der Waals surface area contributed by atoms with E-state index >= 15 is 0 Å². The highest BCUT2D eigenvalue weighted by Gasteiger charge is 2.34. The minimum absolute atomic E-state index is 0.107. The fourth-order valence-corrected chi connectivity index (χ4v) is 3.79. The molecule has 15 heteroatoms. The normalized spacial score (nSPS) is 12.5. The van der Waals surface area contributed by atoms with Crippen molar-refractivity contribution in [2.45, 2.75) is 19.1 Å². The average Bonchev–Trinajstić information content (AvgIpc) is 3.43. The minimum Gasteiger partial charge on any atom is -0.342 e. The number of anilines is 1. The maximum absolute atomic E-state index is 13.0. The monoisotopic (exact) mass is 496 g/mol. The van der Waals surface area contributed by atoms with E-state index < -0.39 is 34.6 Å². The molecule has 0 bridgehead atoms. The van der Waals surface area contributed by atoms with Crippen LogP contribution in [0.3, 0.4) is 0 Å². The molecule has 0 fully saturated rings. The summed E-state index contributed by atoms with van der Waals surface area (Å²) in [6.45, 7) is 1.66. The Kier molecular flexibility index (Phi) is 5.95. The van der Waals surface area contributed by atoms with Crippen LogP contribution in [0.2, 0.25) is 5.02 Å². The van der Waals surface area contributed by atoms with E-state index in [0.717, 1.165) is 17.5 Å². The molecular weight excluding hydrogens is 485 g/mol. The van der Waals surface area contributed by atoms with Gasteiger partial charge in [-0.15, -0.1) is 11.3 Å². The van der Waals surface area contributed by atoms with Gasteiger partial charge in [0.2, 0.25) is 0 Å². The number of carbonyl (C=O) groups excluding carboxylic acids is 2. The topological polar surface area (TPSA) is 138 Å². The number of nitrogens with zero attached hydrogens (tertiary/aromatic N) is 5. The molecule has 0 saturated heterocycles. The third-order valence-electron chi connectivity index (χ3n) is 4.33. The highest BCUT2D eigenvalue weighted by atomic mass is 35.5. The van der Waals surface area contributed by atoms with E-state index in [-0.39, 0.29) is 16.4 Å². The summed E-state index contributed by atoms with van der Waals surface area (Å²) in [5.74, 6) is -1.53. The number of hydrogen-bond acceptors (Lipinski definition) is 8. The van der Waals surface area contributed by atoms with Crippen molar-refractivity contribution in [3.8, 4) is 0 Å². The van der Waals surface area contributed by atoms with Crippen molar-refractivity contribution in [1.82, 2.24) is 35.5 Å². The molecule has 170 valence electrons. The molecule has 2 amide bonds. The summed E-state index contributed by atoms with van der Waals surface area (Å²) in [5.41, 5.74) is -0.600. The standard InChI is InChI=1S/C18H12ClF3N8O2S/c1-7(28-16(32)13-8-3-27-30-14(8)26-6-25-13)17-24-5-11(33-17)15(31)29-12-2-9(18(20,21)22)10(19)4-23-12/h2-7H,1H3,(H,28,32)(H,23,29,31)(H,25,26,27,30). The molecule has 1 unspecified atom stereocenters. The van der Waals surface area contributed by atoms with E-state index in [1.54, 1.807) is 6.92 Å². The molecule has 4 heterocycles. The largest absolute Gasteiger partial charge is 0.418 e. The van der Waals surface area contributed by atoms with Crippen LogP contribution >= 0.6 is 22.9 Å². The van der Waals surface area contributed by atoms with Crippen LogP contribution in [-0.2, 0) is 6.18 Å². The van der Waals surface area contributed by atoms with Crippen molar-refractivity contribution in [2.24, 2.45) is 0 Å². The predicted octanol–water partition coefficient (Wildman–Crippen LogP) is 3.62. The van der Waals surface area contributed by atoms with Crippen molar-refractivity contribution >= 4 is 51.6 Å². The Bertz CT molecular complexity index is 1360. The number of aromatic nitrogens is 6. The third kappa shape index (κ3) is 4.75. The van der Waals surface area contributed by atoms with Crippen LogP contribution < -0.4 is 10.6 Å². The van der Waals surface area contributed by atoms with E-state index in [1.807, 2.05) is 0 Å². The smallest absolute Gasteiger partial charge is 0.342 e. The van der Waals surface area contributed by atoms with E-state index in [1.165, 1.54) is 18.7 Å². The number of aromatic amines is 1. The number of carbonyl (C=O) groups is 2. The number of hydrogen-bond donors (Lipinski definition) is 3. The van der Waals surface area contributed by atoms with Gasteiger partial charge in [0.1, 0.15) is 27.7 Å². The maximum Gasteiger partial charge on any atom is 0.418 e. The lowest BCUT2D eigenvalue weighted by Gasteiger charge is -2.11. The number of thiazole rings is 1. The van der Waals surface area contributed by atoms with Gasteiger partial charge in [0.05, 0.1) is 34.4 Å². The van der Waals surface area contributed by atoms with Crippen molar-refractivity contribution in [1.29, 1.82) is 0 Å². The van der Waals surface area contributed by atoms with E-state index in [0.29, 0.717) is 22.1 Å². The molecule has 4 rings (SSSR count). The van der Waals surface area contributed by atoms with Crippen LogP contribution in [0.4, 0.5) is 19.0 Å². The molecule has 0 aliphatic rings. The number of fused-ring (bicyclic) bond motifs is 1. The lowest BCUT2D eigenvalue weighted by atomic mass is 10.2. The molecule has 4 aromatic heterocycles. The lowest BCUT2D eigenvalue weighted by molar-refractivity contribution is -0.137. The number of amides is 2. The summed E-state index contributed by atoms with van der Waals surface area (Å²) >= 11 is 6.49. The molecule has 0 aliphatic heterocycles. The third-order valence-corrected chi connectivity index (χ3v) is 5.81. The van der Waals surface area contributed by atoms with Gasteiger partial charge in [-0.1, -0.05) is 11.6 Å². The van der Waals surface area contributed by atoms with Crippen molar-refractivity contribution in [2.75, 3.05) is 5.32 Å². The number of H-pyrrole nitrogens is 1. The molecular formula is C18H12ClF3N8O2S. The molecule has 0 spiro atoms. The van der Waals surface area contributed by atoms with Crippen LogP contribution in [0.25, 0.3) is 11.0 Å². The van der Waals surface area contributed by atoms with E-state index in [2.05, 4.69) is 40.8 Å². The summed E-state index contributed by atoms with van der Waals surface area (Å²) in [4.78, 5) is 40.9. The summed E-state index contributed by atoms with van der Waals surface area (Å²) in [7, 11) is 0. The molecule has 4 aromatic rings. The van der Waals surface area contributed by atoms with Gasteiger partial charge in [0.15, 0.2) is 5.65 Å². The first-order valence-electron chi connectivity index (χ1n) is 9.08. The number of pyridine rings is 1. The van der Waals surface area contributed by atoms with Gasteiger partial charge in [-0.3, -0.25) is 14.7 Å². The molecule has 1 atom stereocenters. The van der Waals surface area contributed by atoms with Gasteiger partial charge < -0.3 is 10.6 Å². The Morgan fingerprint density at radius 2 is 1.91 bits per heavy atom. The molecule has 0 saturated carbocycles. The lowest BCUT2D eigenvalue weighted by Crippen LogP contribution is -2.27.